The number of carbonyl (C=O) groups is 2. The number of hydrogen-bond donors (Lipinski definition) is 0. The van der Waals surface area contributed by atoms with Crippen LogP contribution in [-0.2, 0) is 14.3 Å². The third-order valence-electron chi connectivity index (χ3n) is 4.83. The lowest BCUT2D eigenvalue weighted by Crippen LogP contribution is -2.24. The van der Waals surface area contributed by atoms with Crippen molar-refractivity contribution in [2.45, 2.75) is 27.7 Å². The number of nitrogens with zero attached hydrogens (tertiary/aromatic N) is 1. The number of ether oxygens (including phenoxy) is 1. The Morgan fingerprint density at radius 3 is 2.46 bits per heavy atom. The summed E-state index contributed by atoms with van der Waals surface area (Å²) in [6, 6.07) is 13.0. The van der Waals surface area contributed by atoms with Gasteiger partial charge in [0.25, 0.3) is 5.91 Å². The molecule has 0 saturated carbocycles. The number of benzene rings is 2. The Bertz CT molecular complexity index is 1020. The SMILES string of the molecule is CCOC(=O)C1=C(C)N(c2ccc(C)c(C)c2)C(=O)/C1=C\c1ccccc1Cl. The number of aryl methyl sites for hydroxylation is 2. The second kappa shape index (κ2) is 8.03. The van der Waals surface area contributed by atoms with E-state index in [1.807, 2.05) is 44.2 Å². The van der Waals surface area contributed by atoms with E-state index in [1.165, 1.54) is 0 Å². The first-order valence-corrected chi connectivity index (χ1v) is 9.49. The summed E-state index contributed by atoms with van der Waals surface area (Å²) >= 11 is 6.27. The summed E-state index contributed by atoms with van der Waals surface area (Å²) in [5.41, 5.74) is 4.69. The molecule has 0 aliphatic carbocycles. The van der Waals surface area contributed by atoms with Crippen LogP contribution in [0.3, 0.4) is 0 Å². The van der Waals surface area contributed by atoms with Gasteiger partial charge >= 0.3 is 5.97 Å². The Kier molecular flexibility index (Phi) is 5.71. The van der Waals surface area contributed by atoms with Crippen LogP contribution >= 0.6 is 11.6 Å². The number of allylic oxidation sites excluding steroid dienone is 1. The number of amides is 1. The van der Waals surface area contributed by atoms with E-state index in [4.69, 9.17) is 16.3 Å². The van der Waals surface area contributed by atoms with Crippen LogP contribution in [-0.4, -0.2) is 18.5 Å². The van der Waals surface area contributed by atoms with Crippen molar-refractivity contribution in [3.63, 3.8) is 0 Å². The highest BCUT2D eigenvalue weighted by Crippen LogP contribution is 2.36. The normalized spacial score (nSPS) is 15.5. The fourth-order valence-corrected chi connectivity index (χ4v) is 3.39. The smallest absolute Gasteiger partial charge is 0.340 e. The minimum Gasteiger partial charge on any atom is -0.462 e. The molecule has 0 fully saturated rings. The van der Waals surface area contributed by atoms with Crippen LogP contribution in [0.1, 0.15) is 30.5 Å². The molecule has 2 aromatic carbocycles. The van der Waals surface area contributed by atoms with Gasteiger partial charge in [0.15, 0.2) is 0 Å². The average molecular weight is 396 g/mol. The summed E-state index contributed by atoms with van der Waals surface area (Å²) < 4.78 is 5.22. The number of anilines is 1. The van der Waals surface area contributed by atoms with E-state index in [0.717, 1.165) is 16.8 Å². The van der Waals surface area contributed by atoms with Crippen molar-refractivity contribution in [2.24, 2.45) is 0 Å². The number of hydrogen-bond acceptors (Lipinski definition) is 3. The number of halogens is 1. The third-order valence-corrected chi connectivity index (χ3v) is 5.18. The van der Waals surface area contributed by atoms with E-state index in [2.05, 4.69) is 0 Å². The minimum atomic E-state index is -0.516. The number of rotatable bonds is 4. The molecule has 0 unspecified atom stereocenters. The van der Waals surface area contributed by atoms with Crippen LogP contribution in [0.2, 0.25) is 5.02 Å². The van der Waals surface area contributed by atoms with Gasteiger partial charge in [0.2, 0.25) is 0 Å². The molecule has 1 amide bonds. The van der Waals surface area contributed by atoms with Crippen LogP contribution in [0.4, 0.5) is 5.69 Å². The molecule has 0 radical (unpaired) electrons. The van der Waals surface area contributed by atoms with Gasteiger partial charge in [-0.25, -0.2) is 4.79 Å². The first-order chi connectivity index (χ1) is 13.3. The maximum Gasteiger partial charge on any atom is 0.340 e. The molecule has 0 saturated heterocycles. The molecule has 144 valence electrons. The quantitative estimate of drug-likeness (QED) is 0.526. The van der Waals surface area contributed by atoms with E-state index in [-0.39, 0.29) is 23.7 Å². The second-order valence-corrected chi connectivity index (χ2v) is 7.08. The van der Waals surface area contributed by atoms with Crippen LogP contribution in [0.15, 0.2) is 59.3 Å². The monoisotopic (exact) mass is 395 g/mol. The molecule has 0 N–H and O–H groups in total. The van der Waals surface area contributed by atoms with Crippen molar-refractivity contribution in [3.8, 4) is 0 Å². The van der Waals surface area contributed by atoms with E-state index < -0.39 is 5.97 Å². The molecule has 0 aromatic heterocycles. The molecule has 4 nitrogen and oxygen atoms in total. The molecule has 3 rings (SSSR count). The van der Waals surface area contributed by atoms with Gasteiger partial charge in [-0.1, -0.05) is 35.9 Å². The molecule has 28 heavy (non-hydrogen) atoms. The summed E-state index contributed by atoms with van der Waals surface area (Å²) in [7, 11) is 0. The van der Waals surface area contributed by atoms with Crippen molar-refractivity contribution in [2.75, 3.05) is 11.5 Å². The zero-order chi connectivity index (χ0) is 20.4. The van der Waals surface area contributed by atoms with E-state index >= 15 is 0 Å². The van der Waals surface area contributed by atoms with Crippen molar-refractivity contribution in [1.82, 2.24) is 0 Å². The van der Waals surface area contributed by atoms with Gasteiger partial charge in [-0.15, -0.1) is 0 Å². The molecule has 0 atom stereocenters. The maximum atomic E-state index is 13.3. The maximum absolute atomic E-state index is 13.3. The summed E-state index contributed by atoms with van der Waals surface area (Å²) in [5, 5.41) is 0.508. The van der Waals surface area contributed by atoms with Gasteiger partial charge in [-0.2, -0.15) is 0 Å². The number of carbonyl (C=O) groups excluding carboxylic acids is 2. The predicted octanol–water partition coefficient (Wildman–Crippen LogP) is 5.22. The van der Waals surface area contributed by atoms with Crippen LogP contribution in [0.25, 0.3) is 6.08 Å². The van der Waals surface area contributed by atoms with Gasteiger partial charge < -0.3 is 4.74 Å². The Balaban J connectivity index is 2.17. The van der Waals surface area contributed by atoms with Crippen molar-refractivity contribution in [3.05, 3.63) is 81.0 Å². The zero-order valence-electron chi connectivity index (χ0n) is 16.4. The fraction of sp³-hybridized carbons (Fsp3) is 0.217. The molecule has 0 bridgehead atoms. The molecular formula is C23H22ClNO3. The largest absolute Gasteiger partial charge is 0.462 e. The lowest BCUT2D eigenvalue weighted by molar-refractivity contribution is -0.138. The average Bonchev–Trinajstić information content (AvgIpc) is 2.90. The lowest BCUT2D eigenvalue weighted by atomic mass is 10.0. The lowest BCUT2D eigenvalue weighted by Gasteiger charge is -2.19. The highest BCUT2D eigenvalue weighted by Gasteiger charge is 2.38. The van der Waals surface area contributed by atoms with Gasteiger partial charge in [0, 0.05) is 16.4 Å². The Morgan fingerprint density at radius 1 is 1.11 bits per heavy atom. The van der Waals surface area contributed by atoms with Gasteiger partial charge in [0.1, 0.15) is 0 Å². The molecule has 5 heteroatoms. The summed E-state index contributed by atoms with van der Waals surface area (Å²) in [6.07, 6.45) is 1.65. The molecule has 1 heterocycles. The van der Waals surface area contributed by atoms with Gasteiger partial charge in [-0.3, -0.25) is 9.69 Å². The summed E-state index contributed by atoms with van der Waals surface area (Å²) in [6.45, 7) is 7.73. The number of esters is 1. The van der Waals surface area contributed by atoms with E-state index in [9.17, 15) is 9.59 Å². The minimum absolute atomic E-state index is 0.229. The highest BCUT2D eigenvalue weighted by molar-refractivity contribution is 6.32. The van der Waals surface area contributed by atoms with Crippen LogP contribution < -0.4 is 4.90 Å². The molecular weight excluding hydrogens is 374 g/mol. The summed E-state index contributed by atoms with van der Waals surface area (Å²) in [4.78, 5) is 27.5. The van der Waals surface area contributed by atoms with Gasteiger partial charge in [0.05, 0.1) is 17.8 Å². The molecule has 1 aliphatic rings. The predicted molar refractivity (Wildman–Crippen MR) is 112 cm³/mol. The third kappa shape index (κ3) is 3.60. The van der Waals surface area contributed by atoms with Gasteiger partial charge in [-0.05, 0) is 68.7 Å². The van der Waals surface area contributed by atoms with Crippen LogP contribution in [0.5, 0.6) is 0 Å². The van der Waals surface area contributed by atoms with E-state index in [1.54, 1.807) is 37.0 Å². The Morgan fingerprint density at radius 2 is 1.82 bits per heavy atom. The second-order valence-electron chi connectivity index (χ2n) is 6.67. The fourth-order valence-electron chi connectivity index (χ4n) is 3.20. The topological polar surface area (TPSA) is 46.6 Å². The van der Waals surface area contributed by atoms with Crippen LogP contribution in [0, 0.1) is 13.8 Å². The summed E-state index contributed by atoms with van der Waals surface area (Å²) in [5.74, 6) is -0.790. The van der Waals surface area contributed by atoms with Crippen molar-refractivity contribution in [1.29, 1.82) is 0 Å². The van der Waals surface area contributed by atoms with E-state index in [0.29, 0.717) is 16.3 Å². The molecule has 2 aromatic rings. The Labute approximate surface area is 170 Å². The van der Waals surface area contributed by atoms with Crippen molar-refractivity contribution < 1.29 is 14.3 Å². The zero-order valence-corrected chi connectivity index (χ0v) is 17.1. The highest BCUT2D eigenvalue weighted by atomic mass is 35.5. The van der Waals surface area contributed by atoms with Crippen molar-refractivity contribution >= 4 is 35.2 Å². The first kappa shape index (κ1) is 19.9. The standard InChI is InChI=1S/C23H22ClNO3/c1-5-28-23(27)21-16(4)25(18-11-10-14(2)15(3)12-18)22(26)19(21)13-17-8-6-7-9-20(17)24/h6-13H,5H2,1-4H3/b19-13-. The Hall–Kier alpha value is -2.85. The molecule has 1 aliphatic heterocycles. The molecule has 0 spiro atoms. The first-order valence-electron chi connectivity index (χ1n) is 9.11.